The molecular formula is C5H8Cl2O2. The summed E-state index contributed by atoms with van der Waals surface area (Å²) >= 11 is 11.4. The van der Waals surface area contributed by atoms with Crippen LogP contribution in [0.25, 0.3) is 0 Å². The molecule has 1 fully saturated rings. The van der Waals surface area contributed by atoms with E-state index in [0.29, 0.717) is 6.42 Å². The third-order valence-electron chi connectivity index (χ3n) is 1.55. The Hall–Kier alpha value is 0.500. The van der Waals surface area contributed by atoms with E-state index in [1.54, 1.807) is 0 Å². The van der Waals surface area contributed by atoms with Crippen LogP contribution >= 0.6 is 23.2 Å². The Bertz CT molecular complexity index is 120. The summed E-state index contributed by atoms with van der Waals surface area (Å²) in [6, 6.07) is 0. The van der Waals surface area contributed by atoms with Gasteiger partial charge in [-0.15, -0.1) is 0 Å². The fourth-order valence-electron chi connectivity index (χ4n) is 0.774. The van der Waals surface area contributed by atoms with Crippen LogP contribution in [-0.4, -0.2) is 24.3 Å². The predicted molar refractivity (Wildman–Crippen MR) is 35.8 cm³/mol. The van der Waals surface area contributed by atoms with Gasteiger partial charge >= 0.3 is 0 Å². The summed E-state index contributed by atoms with van der Waals surface area (Å²) in [5.74, 6) is -0.740. The Morgan fingerprint density at radius 3 is 1.56 bits per heavy atom. The minimum Gasteiger partial charge on any atom is -0.350 e. The number of methoxy groups -OCH3 is 2. The minimum absolute atomic E-state index is 0.538. The van der Waals surface area contributed by atoms with Crippen molar-refractivity contribution in [3.63, 3.8) is 0 Å². The summed E-state index contributed by atoms with van der Waals surface area (Å²) in [5, 5.41) is 0. The molecule has 54 valence electrons. The van der Waals surface area contributed by atoms with Crippen molar-refractivity contribution in [2.45, 2.75) is 16.5 Å². The first-order valence-electron chi connectivity index (χ1n) is 2.56. The van der Waals surface area contributed by atoms with E-state index in [1.807, 2.05) is 0 Å². The Balaban J connectivity index is 2.57. The average molecular weight is 171 g/mol. The lowest BCUT2D eigenvalue weighted by Gasteiger charge is -2.12. The molecule has 1 aliphatic rings. The zero-order valence-corrected chi connectivity index (χ0v) is 6.79. The lowest BCUT2D eigenvalue weighted by molar-refractivity contribution is -0.129. The van der Waals surface area contributed by atoms with Crippen LogP contribution in [-0.2, 0) is 9.47 Å². The molecule has 0 unspecified atom stereocenters. The highest BCUT2D eigenvalue weighted by molar-refractivity contribution is 6.51. The van der Waals surface area contributed by atoms with Gasteiger partial charge < -0.3 is 9.47 Å². The summed E-state index contributed by atoms with van der Waals surface area (Å²) < 4.78 is 9.02. The maximum atomic E-state index is 5.68. The number of hydrogen-bond donors (Lipinski definition) is 0. The summed E-state index contributed by atoms with van der Waals surface area (Å²) in [4.78, 5) is 0. The fraction of sp³-hybridized carbons (Fsp3) is 1.00. The fourth-order valence-corrected chi connectivity index (χ4v) is 1.43. The van der Waals surface area contributed by atoms with Crippen molar-refractivity contribution < 1.29 is 9.47 Å². The van der Waals surface area contributed by atoms with Crippen molar-refractivity contribution in [1.82, 2.24) is 0 Å². The molecular weight excluding hydrogens is 163 g/mol. The molecule has 0 saturated heterocycles. The SMILES string of the molecule is COC1(OC)CC1(Cl)Cl. The van der Waals surface area contributed by atoms with Crippen molar-refractivity contribution >= 4 is 23.2 Å². The van der Waals surface area contributed by atoms with Crippen LogP contribution in [0.5, 0.6) is 0 Å². The van der Waals surface area contributed by atoms with Gasteiger partial charge in [-0.3, -0.25) is 0 Å². The molecule has 9 heavy (non-hydrogen) atoms. The third kappa shape index (κ3) is 0.944. The van der Waals surface area contributed by atoms with E-state index in [1.165, 1.54) is 14.2 Å². The standard InChI is InChI=1S/C5H8Cl2O2/c1-8-5(9-2)3-4(5,6)7/h3H2,1-2H3. The van der Waals surface area contributed by atoms with Gasteiger partial charge in [0.15, 0.2) is 4.33 Å². The zero-order chi connectivity index (χ0) is 7.12. The van der Waals surface area contributed by atoms with Gasteiger partial charge in [-0.1, -0.05) is 23.2 Å². The Kier molecular flexibility index (Phi) is 1.68. The first-order valence-corrected chi connectivity index (χ1v) is 3.32. The highest BCUT2D eigenvalue weighted by Crippen LogP contribution is 2.59. The monoisotopic (exact) mass is 170 g/mol. The van der Waals surface area contributed by atoms with Gasteiger partial charge in [0.05, 0.1) is 0 Å². The maximum Gasteiger partial charge on any atom is 0.204 e. The van der Waals surface area contributed by atoms with Gasteiger partial charge in [0.2, 0.25) is 5.79 Å². The van der Waals surface area contributed by atoms with Crippen LogP contribution in [0, 0.1) is 0 Å². The van der Waals surface area contributed by atoms with Crippen molar-refractivity contribution in [3.8, 4) is 0 Å². The summed E-state index contributed by atoms with van der Waals surface area (Å²) in [6.45, 7) is 0. The van der Waals surface area contributed by atoms with Gasteiger partial charge in [-0.2, -0.15) is 0 Å². The lowest BCUT2D eigenvalue weighted by Crippen LogP contribution is -2.21. The summed E-state index contributed by atoms with van der Waals surface area (Å²) in [7, 11) is 3.05. The number of halogens is 2. The number of alkyl halides is 2. The molecule has 0 heterocycles. The van der Waals surface area contributed by atoms with Crippen LogP contribution < -0.4 is 0 Å². The highest BCUT2D eigenvalue weighted by Gasteiger charge is 2.69. The van der Waals surface area contributed by atoms with E-state index in [2.05, 4.69) is 0 Å². The largest absolute Gasteiger partial charge is 0.350 e. The topological polar surface area (TPSA) is 18.5 Å². The Morgan fingerprint density at radius 1 is 1.22 bits per heavy atom. The van der Waals surface area contributed by atoms with Crippen LogP contribution in [0.1, 0.15) is 6.42 Å². The number of rotatable bonds is 2. The molecule has 0 atom stereocenters. The molecule has 0 radical (unpaired) electrons. The summed E-state index contributed by atoms with van der Waals surface area (Å²) in [6.07, 6.45) is 0.538. The molecule has 1 aliphatic carbocycles. The van der Waals surface area contributed by atoms with Gasteiger partial charge in [-0.05, 0) is 0 Å². The predicted octanol–water partition coefficient (Wildman–Crippen LogP) is 1.55. The van der Waals surface area contributed by atoms with Crippen molar-refractivity contribution in [2.24, 2.45) is 0 Å². The third-order valence-corrected chi connectivity index (χ3v) is 2.39. The van der Waals surface area contributed by atoms with E-state index >= 15 is 0 Å². The molecule has 2 nitrogen and oxygen atoms in total. The quantitative estimate of drug-likeness (QED) is 0.463. The minimum atomic E-state index is -0.837. The van der Waals surface area contributed by atoms with Gasteiger partial charge in [0.25, 0.3) is 0 Å². The molecule has 0 N–H and O–H groups in total. The Labute approximate surface area is 64.0 Å². The van der Waals surface area contributed by atoms with Gasteiger partial charge in [0.1, 0.15) is 0 Å². The molecule has 0 aromatic heterocycles. The van der Waals surface area contributed by atoms with Crippen molar-refractivity contribution in [2.75, 3.05) is 14.2 Å². The molecule has 0 aromatic carbocycles. The maximum absolute atomic E-state index is 5.68. The average Bonchev–Trinajstić information content (AvgIpc) is 2.35. The smallest absolute Gasteiger partial charge is 0.204 e. The molecule has 0 spiro atoms. The first-order chi connectivity index (χ1) is 4.08. The molecule has 0 amide bonds. The molecule has 1 rings (SSSR count). The van der Waals surface area contributed by atoms with E-state index in [4.69, 9.17) is 32.7 Å². The van der Waals surface area contributed by atoms with Crippen molar-refractivity contribution in [1.29, 1.82) is 0 Å². The van der Waals surface area contributed by atoms with Crippen LogP contribution in [0.15, 0.2) is 0 Å². The van der Waals surface area contributed by atoms with E-state index in [0.717, 1.165) is 0 Å². The van der Waals surface area contributed by atoms with Crippen LogP contribution in [0.4, 0.5) is 0 Å². The second-order valence-corrected chi connectivity index (χ2v) is 3.53. The molecule has 1 saturated carbocycles. The van der Waals surface area contributed by atoms with Gasteiger partial charge in [0, 0.05) is 20.6 Å². The van der Waals surface area contributed by atoms with Crippen LogP contribution in [0.2, 0.25) is 0 Å². The second-order valence-electron chi connectivity index (χ2n) is 2.04. The number of hydrogen-bond acceptors (Lipinski definition) is 2. The van der Waals surface area contributed by atoms with E-state index < -0.39 is 10.1 Å². The first kappa shape index (κ1) is 7.61. The molecule has 0 aromatic rings. The highest BCUT2D eigenvalue weighted by atomic mass is 35.5. The normalized spacial score (nSPS) is 28.0. The van der Waals surface area contributed by atoms with Crippen LogP contribution in [0.3, 0.4) is 0 Å². The van der Waals surface area contributed by atoms with E-state index in [-0.39, 0.29) is 0 Å². The molecule has 0 aliphatic heterocycles. The van der Waals surface area contributed by atoms with Gasteiger partial charge in [-0.25, -0.2) is 0 Å². The second kappa shape index (κ2) is 1.99. The lowest BCUT2D eigenvalue weighted by atomic mass is 10.7. The van der Waals surface area contributed by atoms with Crippen molar-refractivity contribution in [3.05, 3.63) is 0 Å². The molecule has 4 heteroatoms. The zero-order valence-electron chi connectivity index (χ0n) is 5.28. The van der Waals surface area contributed by atoms with E-state index in [9.17, 15) is 0 Å². The Morgan fingerprint density at radius 2 is 1.56 bits per heavy atom. The summed E-state index contributed by atoms with van der Waals surface area (Å²) in [5.41, 5.74) is 0. The number of ether oxygens (including phenoxy) is 2. The molecule has 0 bridgehead atoms.